The van der Waals surface area contributed by atoms with E-state index in [1.807, 2.05) is 24.3 Å². The number of aromatic nitrogens is 1. The minimum atomic E-state index is -0.645. The molecule has 2 saturated heterocycles. The number of halogens is 1. The maximum Gasteiger partial charge on any atom is 0.256 e. The molecule has 0 saturated carbocycles. The summed E-state index contributed by atoms with van der Waals surface area (Å²) in [6.45, 7) is 7.56. The standard InChI is InChI=1S/C36H36FN5O5/c37-28-18-26-32-35(31(28)38-9-13-40-10-3-4-11-40)47-30-20-25-24(22-6-1-2-7-23(22)33(25)43)19-29(30)42(32)21-27(34(26)44)36(45)39-8-5-12-41-14-16-46-17-15-41/h1-2,6-7,18-21,38H,3-5,8-17H2,(H,39,45). The SMILES string of the molecule is O=C(NCCCN1CCOCC1)c1cn2c3cc4c(cc3oc3c(NCCN5CCCC5)c(F)cc(c1=O)c32)c(=O)c1ccccc14. The molecule has 4 heterocycles. The number of fused-ring (bicyclic) bond motifs is 5. The number of nitrogens with one attached hydrogen (secondary N) is 2. The van der Waals surface area contributed by atoms with Gasteiger partial charge in [-0.1, -0.05) is 24.3 Å². The lowest BCUT2D eigenvalue weighted by atomic mass is 10.1. The predicted octanol–water partition coefficient (Wildman–Crippen LogP) is 4.40. The first-order chi connectivity index (χ1) is 23.0. The van der Waals surface area contributed by atoms with Crippen LogP contribution >= 0.6 is 0 Å². The molecule has 2 fully saturated rings. The number of carbonyl (C=O) groups excluding carboxylic acids is 1. The molecule has 0 radical (unpaired) electrons. The normalized spacial score (nSPS) is 16.4. The fourth-order valence-electron chi connectivity index (χ4n) is 7.23. The summed E-state index contributed by atoms with van der Waals surface area (Å²) in [4.78, 5) is 45.3. The van der Waals surface area contributed by atoms with Gasteiger partial charge in [0.15, 0.2) is 22.4 Å². The molecule has 2 N–H and O–H groups in total. The van der Waals surface area contributed by atoms with E-state index in [9.17, 15) is 14.4 Å². The van der Waals surface area contributed by atoms with Crippen LogP contribution in [-0.4, -0.2) is 85.7 Å². The van der Waals surface area contributed by atoms with Gasteiger partial charge in [-0.25, -0.2) is 4.39 Å². The molecule has 0 spiro atoms. The van der Waals surface area contributed by atoms with E-state index < -0.39 is 17.2 Å². The molecule has 4 aromatic carbocycles. The second kappa shape index (κ2) is 12.2. The molecule has 11 heteroatoms. The highest BCUT2D eigenvalue weighted by molar-refractivity contribution is 6.15. The number of rotatable bonds is 9. The van der Waals surface area contributed by atoms with Crippen LogP contribution in [0.4, 0.5) is 10.1 Å². The molecule has 2 aromatic heterocycles. The van der Waals surface area contributed by atoms with Crippen LogP contribution in [0.5, 0.6) is 0 Å². The Morgan fingerprint density at radius 1 is 0.830 bits per heavy atom. The lowest BCUT2D eigenvalue weighted by molar-refractivity contribution is 0.0374. The van der Waals surface area contributed by atoms with E-state index in [0.717, 1.165) is 69.3 Å². The van der Waals surface area contributed by atoms with Crippen LogP contribution in [0.25, 0.3) is 49.1 Å². The molecule has 2 aliphatic rings. The van der Waals surface area contributed by atoms with E-state index in [2.05, 4.69) is 20.4 Å². The van der Waals surface area contributed by atoms with E-state index in [-0.39, 0.29) is 27.6 Å². The van der Waals surface area contributed by atoms with Gasteiger partial charge in [0.05, 0.1) is 24.1 Å². The second-order valence-corrected chi connectivity index (χ2v) is 12.6. The number of carbonyl (C=O) groups is 1. The summed E-state index contributed by atoms with van der Waals surface area (Å²) in [5, 5.41) is 8.80. The zero-order chi connectivity index (χ0) is 32.1. The van der Waals surface area contributed by atoms with E-state index >= 15 is 4.39 Å². The van der Waals surface area contributed by atoms with Crippen molar-refractivity contribution in [1.29, 1.82) is 0 Å². The van der Waals surface area contributed by atoms with Crippen LogP contribution in [-0.2, 0) is 4.74 Å². The van der Waals surface area contributed by atoms with Gasteiger partial charge in [0.1, 0.15) is 16.8 Å². The molecule has 1 amide bonds. The van der Waals surface area contributed by atoms with E-state index in [0.29, 0.717) is 53.7 Å². The first-order valence-electron chi connectivity index (χ1n) is 16.4. The third-order valence-corrected chi connectivity index (χ3v) is 9.69. The van der Waals surface area contributed by atoms with Crippen LogP contribution in [0.3, 0.4) is 0 Å². The van der Waals surface area contributed by atoms with Crippen molar-refractivity contribution in [2.24, 2.45) is 0 Å². The van der Waals surface area contributed by atoms with Crippen LogP contribution in [0.1, 0.15) is 29.6 Å². The van der Waals surface area contributed by atoms with Gasteiger partial charge in [-0.3, -0.25) is 19.3 Å². The third kappa shape index (κ3) is 5.28. The molecule has 0 bridgehead atoms. The minimum Gasteiger partial charge on any atom is -0.451 e. The molecule has 0 atom stereocenters. The number of hydrogen-bond acceptors (Lipinski definition) is 8. The zero-order valence-electron chi connectivity index (χ0n) is 26.1. The molecule has 0 aliphatic carbocycles. The molecule has 6 aromatic rings. The van der Waals surface area contributed by atoms with Gasteiger partial charge < -0.3 is 29.1 Å². The van der Waals surface area contributed by atoms with Crippen molar-refractivity contribution >= 4 is 60.7 Å². The summed E-state index contributed by atoms with van der Waals surface area (Å²) >= 11 is 0. The Labute approximate surface area is 269 Å². The van der Waals surface area contributed by atoms with Crippen molar-refractivity contribution in [2.75, 3.05) is 70.9 Å². The topological polar surface area (TPSA) is 109 Å². The molecule has 242 valence electrons. The molecular weight excluding hydrogens is 601 g/mol. The smallest absolute Gasteiger partial charge is 0.256 e. The Morgan fingerprint density at radius 3 is 2.40 bits per heavy atom. The number of morpholine rings is 1. The Balaban J connectivity index is 1.25. The van der Waals surface area contributed by atoms with Gasteiger partial charge in [0.2, 0.25) is 5.43 Å². The number of likely N-dealkylation sites (tertiary alicyclic amines) is 1. The maximum absolute atomic E-state index is 15.9. The summed E-state index contributed by atoms with van der Waals surface area (Å²) in [6.07, 6.45) is 4.54. The van der Waals surface area contributed by atoms with Crippen LogP contribution < -0.4 is 21.5 Å². The second-order valence-electron chi connectivity index (χ2n) is 12.6. The highest BCUT2D eigenvalue weighted by Crippen LogP contribution is 2.36. The first-order valence-corrected chi connectivity index (χ1v) is 16.4. The number of hydrogen-bond donors (Lipinski definition) is 2. The number of anilines is 1. The molecule has 0 unspecified atom stereocenters. The summed E-state index contributed by atoms with van der Waals surface area (Å²) in [7, 11) is 0. The zero-order valence-corrected chi connectivity index (χ0v) is 26.1. The number of ether oxygens (including phenoxy) is 1. The highest BCUT2D eigenvalue weighted by Gasteiger charge is 2.24. The quantitative estimate of drug-likeness (QED) is 0.137. The van der Waals surface area contributed by atoms with Crippen LogP contribution in [0.15, 0.2) is 62.7 Å². The Bertz CT molecular complexity index is 2270. The lowest BCUT2D eigenvalue weighted by Crippen LogP contribution is -2.38. The van der Waals surface area contributed by atoms with Gasteiger partial charge in [-0.15, -0.1) is 0 Å². The van der Waals surface area contributed by atoms with Crippen LogP contribution in [0.2, 0.25) is 0 Å². The number of pyridine rings is 1. The number of amides is 1. The summed E-state index contributed by atoms with van der Waals surface area (Å²) in [6, 6.07) is 12.1. The van der Waals surface area contributed by atoms with Gasteiger partial charge >= 0.3 is 0 Å². The van der Waals surface area contributed by atoms with Gasteiger partial charge in [-0.05, 0) is 67.9 Å². The largest absolute Gasteiger partial charge is 0.451 e. The van der Waals surface area contributed by atoms with Crippen molar-refractivity contribution in [2.45, 2.75) is 19.3 Å². The average Bonchev–Trinajstić information content (AvgIpc) is 3.71. The molecule has 47 heavy (non-hydrogen) atoms. The number of nitrogens with zero attached hydrogens (tertiary/aromatic N) is 3. The first kappa shape index (κ1) is 29.8. The lowest BCUT2D eigenvalue weighted by Gasteiger charge is -2.26. The van der Waals surface area contributed by atoms with Gasteiger partial charge in [0, 0.05) is 49.7 Å². The Kier molecular flexibility index (Phi) is 7.75. The van der Waals surface area contributed by atoms with Crippen molar-refractivity contribution in [1.82, 2.24) is 19.5 Å². The summed E-state index contributed by atoms with van der Waals surface area (Å²) in [5.74, 6) is -1.17. The van der Waals surface area contributed by atoms with E-state index in [1.54, 1.807) is 16.5 Å². The average molecular weight is 638 g/mol. The molecule has 8 rings (SSSR count). The van der Waals surface area contributed by atoms with Gasteiger partial charge in [-0.2, -0.15) is 0 Å². The summed E-state index contributed by atoms with van der Waals surface area (Å²) < 4.78 is 29.5. The van der Waals surface area contributed by atoms with Crippen LogP contribution in [0, 0.1) is 5.82 Å². The Morgan fingerprint density at radius 2 is 1.60 bits per heavy atom. The molecular formula is C36H36FN5O5. The maximum atomic E-state index is 15.9. The predicted molar refractivity (Wildman–Crippen MR) is 182 cm³/mol. The molecule has 10 nitrogen and oxygen atoms in total. The number of benzene rings is 3. The summed E-state index contributed by atoms with van der Waals surface area (Å²) in [5.41, 5.74) is 0.798. The van der Waals surface area contributed by atoms with Crippen molar-refractivity contribution in [3.05, 3.63) is 80.5 Å². The van der Waals surface area contributed by atoms with Crippen molar-refractivity contribution < 1.29 is 18.3 Å². The van der Waals surface area contributed by atoms with E-state index in [4.69, 9.17) is 9.15 Å². The van der Waals surface area contributed by atoms with Crippen molar-refractivity contribution in [3.63, 3.8) is 0 Å². The Hall–Kier alpha value is -4.58. The fraction of sp³-hybridized carbons (Fsp3) is 0.361. The third-order valence-electron chi connectivity index (χ3n) is 9.69. The van der Waals surface area contributed by atoms with E-state index in [1.165, 1.54) is 12.3 Å². The van der Waals surface area contributed by atoms with Crippen molar-refractivity contribution in [3.8, 4) is 0 Å². The minimum absolute atomic E-state index is 0.0474. The molecule has 2 aliphatic heterocycles. The van der Waals surface area contributed by atoms with Gasteiger partial charge in [0.25, 0.3) is 5.91 Å². The fourth-order valence-corrected chi connectivity index (χ4v) is 7.23. The highest BCUT2D eigenvalue weighted by atomic mass is 19.1. The monoisotopic (exact) mass is 637 g/mol.